The van der Waals surface area contributed by atoms with Crippen molar-refractivity contribution in [1.29, 1.82) is 0 Å². The summed E-state index contributed by atoms with van der Waals surface area (Å²) < 4.78 is 0. The minimum atomic E-state index is -0.0805. The first-order chi connectivity index (χ1) is 6.74. The fourth-order valence-corrected chi connectivity index (χ4v) is 2.11. The van der Waals surface area contributed by atoms with Crippen LogP contribution < -0.4 is 5.56 Å². The topological polar surface area (TPSA) is 66.0 Å². The molecular formula is C9H10N2O2S. The number of aryl methyl sites for hydroxylation is 1. The molecule has 5 heteroatoms. The summed E-state index contributed by atoms with van der Waals surface area (Å²) in [5.74, 6) is 0. The second kappa shape index (κ2) is 3.51. The van der Waals surface area contributed by atoms with E-state index in [-0.39, 0.29) is 12.2 Å². The fourth-order valence-electron chi connectivity index (χ4n) is 1.31. The molecule has 0 amide bonds. The van der Waals surface area contributed by atoms with Gasteiger partial charge in [0.25, 0.3) is 5.56 Å². The molecule has 2 heterocycles. The molecule has 0 saturated carbocycles. The van der Waals surface area contributed by atoms with E-state index < -0.39 is 0 Å². The van der Waals surface area contributed by atoms with Crippen LogP contribution in [0.25, 0.3) is 10.3 Å². The van der Waals surface area contributed by atoms with Gasteiger partial charge in [0.1, 0.15) is 9.84 Å². The SMILES string of the molecule is CCc1cc2nc(CO)sc2[nH]c1=O. The molecule has 2 aromatic rings. The smallest absolute Gasteiger partial charge is 0.252 e. The van der Waals surface area contributed by atoms with E-state index in [1.165, 1.54) is 11.3 Å². The first-order valence-corrected chi connectivity index (χ1v) is 5.18. The molecule has 4 nitrogen and oxygen atoms in total. The Morgan fingerprint density at radius 3 is 3.07 bits per heavy atom. The summed E-state index contributed by atoms with van der Waals surface area (Å²) in [5, 5.41) is 9.52. The number of nitrogens with one attached hydrogen (secondary N) is 1. The summed E-state index contributed by atoms with van der Waals surface area (Å²) in [7, 11) is 0. The van der Waals surface area contributed by atoms with E-state index in [1.54, 1.807) is 6.07 Å². The Hall–Kier alpha value is -1.20. The molecule has 0 unspecified atom stereocenters. The van der Waals surface area contributed by atoms with Gasteiger partial charge < -0.3 is 10.1 Å². The lowest BCUT2D eigenvalue weighted by atomic mass is 10.2. The van der Waals surface area contributed by atoms with E-state index in [1.807, 2.05) is 6.92 Å². The van der Waals surface area contributed by atoms with Gasteiger partial charge in [-0.3, -0.25) is 4.79 Å². The molecule has 0 radical (unpaired) electrons. The molecule has 0 aromatic carbocycles. The van der Waals surface area contributed by atoms with E-state index in [9.17, 15) is 4.79 Å². The summed E-state index contributed by atoms with van der Waals surface area (Å²) >= 11 is 1.31. The van der Waals surface area contributed by atoms with Gasteiger partial charge in [-0.25, -0.2) is 4.98 Å². The number of aliphatic hydroxyl groups excluding tert-OH is 1. The van der Waals surface area contributed by atoms with Gasteiger partial charge in [0.15, 0.2) is 0 Å². The van der Waals surface area contributed by atoms with Crippen LogP contribution >= 0.6 is 11.3 Å². The largest absolute Gasteiger partial charge is 0.389 e. The molecular weight excluding hydrogens is 200 g/mol. The molecule has 74 valence electrons. The van der Waals surface area contributed by atoms with Gasteiger partial charge >= 0.3 is 0 Å². The maximum Gasteiger partial charge on any atom is 0.252 e. The van der Waals surface area contributed by atoms with Crippen molar-refractivity contribution in [2.75, 3.05) is 0 Å². The van der Waals surface area contributed by atoms with Crippen molar-refractivity contribution in [2.24, 2.45) is 0 Å². The first kappa shape index (κ1) is 9.36. The molecule has 0 bridgehead atoms. The van der Waals surface area contributed by atoms with Crippen molar-refractivity contribution >= 4 is 21.7 Å². The molecule has 2 aromatic heterocycles. The molecule has 0 spiro atoms. The van der Waals surface area contributed by atoms with E-state index in [0.717, 1.165) is 15.9 Å². The van der Waals surface area contributed by atoms with Crippen LogP contribution in [0.1, 0.15) is 17.5 Å². The van der Waals surface area contributed by atoms with Crippen molar-refractivity contribution in [3.63, 3.8) is 0 Å². The van der Waals surface area contributed by atoms with Gasteiger partial charge in [-0.15, -0.1) is 0 Å². The predicted molar refractivity (Wildman–Crippen MR) is 55.5 cm³/mol. The van der Waals surface area contributed by atoms with E-state index in [0.29, 0.717) is 11.4 Å². The van der Waals surface area contributed by atoms with Crippen molar-refractivity contribution < 1.29 is 5.11 Å². The standard InChI is InChI=1S/C9H10N2O2S/c1-2-5-3-6-9(11-8(5)13)14-7(4-12)10-6/h3,12H,2,4H2,1H3,(H,11,13). The Morgan fingerprint density at radius 2 is 2.43 bits per heavy atom. The normalized spacial score (nSPS) is 11.0. The highest BCUT2D eigenvalue weighted by molar-refractivity contribution is 7.18. The highest BCUT2D eigenvalue weighted by atomic mass is 32.1. The summed E-state index contributed by atoms with van der Waals surface area (Å²) in [4.78, 5) is 19.1. The summed E-state index contributed by atoms with van der Waals surface area (Å²) in [6.07, 6.45) is 0.692. The van der Waals surface area contributed by atoms with Crippen molar-refractivity contribution in [2.45, 2.75) is 20.0 Å². The van der Waals surface area contributed by atoms with Crippen molar-refractivity contribution in [3.8, 4) is 0 Å². The van der Waals surface area contributed by atoms with Gasteiger partial charge in [-0.2, -0.15) is 0 Å². The molecule has 0 fully saturated rings. The first-order valence-electron chi connectivity index (χ1n) is 4.37. The number of fused-ring (bicyclic) bond motifs is 1. The Kier molecular flexibility index (Phi) is 2.35. The second-order valence-electron chi connectivity index (χ2n) is 2.96. The lowest BCUT2D eigenvalue weighted by Gasteiger charge is -1.93. The van der Waals surface area contributed by atoms with E-state index in [2.05, 4.69) is 9.97 Å². The lowest BCUT2D eigenvalue weighted by Crippen LogP contribution is -2.10. The van der Waals surface area contributed by atoms with Crippen LogP contribution in [-0.4, -0.2) is 15.1 Å². The number of aromatic nitrogens is 2. The second-order valence-corrected chi connectivity index (χ2v) is 4.04. The van der Waals surface area contributed by atoms with E-state index >= 15 is 0 Å². The predicted octanol–water partition coefficient (Wildman–Crippen LogP) is 1.04. The third-order valence-electron chi connectivity index (χ3n) is 2.04. The number of H-pyrrole nitrogens is 1. The molecule has 0 aliphatic rings. The summed E-state index contributed by atoms with van der Waals surface area (Å²) in [5.41, 5.74) is 1.43. The number of rotatable bonds is 2. The molecule has 2 rings (SSSR count). The minimum Gasteiger partial charge on any atom is -0.389 e. The third-order valence-corrected chi connectivity index (χ3v) is 3.01. The van der Waals surface area contributed by atoms with Crippen LogP contribution in [0, 0.1) is 0 Å². The van der Waals surface area contributed by atoms with E-state index in [4.69, 9.17) is 5.11 Å². The van der Waals surface area contributed by atoms with Crippen LogP contribution in [0.3, 0.4) is 0 Å². The number of aromatic amines is 1. The average molecular weight is 210 g/mol. The van der Waals surface area contributed by atoms with Crippen molar-refractivity contribution in [3.05, 3.63) is 27.0 Å². The lowest BCUT2D eigenvalue weighted by molar-refractivity contribution is 0.281. The molecule has 2 N–H and O–H groups in total. The Bertz CT molecular complexity index is 515. The third kappa shape index (κ3) is 1.44. The highest BCUT2D eigenvalue weighted by Gasteiger charge is 2.06. The monoisotopic (exact) mass is 210 g/mol. The zero-order chi connectivity index (χ0) is 10.1. The average Bonchev–Trinajstić information content (AvgIpc) is 2.58. The van der Waals surface area contributed by atoms with Crippen LogP contribution in [0.15, 0.2) is 10.9 Å². The van der Waals surface area contributed by atoms with Crippen LogP contribution in [-0.2, 0) is 13.0 Å². The van der Waals surface area contributed by atoms with Crippen molar-refractivity contribution in [1.82, 2.24) is 9.97 Å². The molecule has 0 atom stereocenters. The highest BCUT2D eigenvalue weighted by Crippen LogP contribution is 2.19. The van der Waals surface area contributed by atoms with Crippen LogP contribution in [0.2, 0.25) is 0 Å². The fraction of sp³-hybridized carbons (Fsp3) is 0.333. The number of nitrogens with zero attached hydrogens (tertiary/aromatic N) is 1. The number of aliphatic hydroxyl groups is 1. The maximum absolute atomic E-state index is 11.4. The van der Waals surface area contributed by atoms with Crippen LogP contribution in [0.4, 0.5) is 0 Å². The zero-order valence-corrected chi connectivity index (χ0v) is 8.52. The number of pyridine rings is 1. The molecule has 0 aliphatic carbocycles. The quantitative estimate of drug-likeness (QED) is 0.778. The zero-order valence-electron chi connectivity index (χ0n) is 7.70. The Balaban J connectivity index is 2.70. The molecule has 0 aliphatic heterocycles. The number of hydrogen-bond donors (Lipinski definition) is 2. The Morgan fingerprint density at radius 1 is 1.64 bits per heavy atom. The minimum absolute atomic E-state index is 0.0619. The summed E-state index contributed by atoms with van der Waals surface area (Å²) in [6.45, 7) is 1.85. The summed E-state index contributed by atoms with van der Waals surface area (Å²) in [6, 6.07) is 1.78. The maximum atomic E-state index is 11.4. The van der Waals surface area contributed by atoms with Gasteiger partial charge in [-0.1, -0.05) is 18.3 Å². The van der Waals surface area contributed by atoms with Gasteiger partial charge in [0.05, 0.1) is 12.1 Å². The van der Waals surface area contributed by atoms with Gasteiger partial charge in [-0.05, 0) is 12.5 Å². The van der Waals surface area contributed by atoms with Gasteiger partial charge in [0, 0.05) is 5.56 Å². The molecule has 0 saturated heterocycles. The number of hydrogen-bond acceptors (Lipinski definition) is 4. The van der Waals surface area contributed by atoms with Gasteiger partial charge in [0.2, 0.25) is 0 Å². The van der Waals surface area contributed by atoms with Crippen LogP contribution in [0.5, 0.6) is 0 Å². The number of thiazole rings is 1. The Labute approximate surface area is 84.2 Å². The molecule has 14 heavy (non-hydrogen) atoms.